The van der Waals surface area contributed by atoms with Crippen LogP contribution in [0.5, 0.6) is 0 Å². The van der Waals surface area contributed by atoms with E-state index in [1.54, 1.807) is 23.9 Å². The predicted molar refractivity (Wildman–Crippen MR) is 156 cm³/mol. The van der Waals surface area contributed by atoms with Crippen molar-refractivity contribution in [1.29, 1.82) is 0 Å². The molecule has 2 aromatic rings. The second-order valence-corrected chi connectivity index (χ2v) is 12.7. The Morgan fingerprint density at radius 1 is 1.10 bits per heavy atom. The number of halogens is 1. The zero-order valence-electron chi connectivity index (χ0n) is 22.9. The molecule has 2 heterocycles. The number of benzene rings is 2. The van der Waals surface area contributed by atoms with E-state index in [0.717, 1.165) is 54.3 Å². The van der Waals surface area contributed by atoms with Crippen molar-refractivity contribution in [3.05, 3.63) is 76.4 Å². The Hall–Kier alpha value is -2.64. The van der Waals surface area contributed by atoms with Gasteiger partial charge in [-0.25, -0.2) is 4.39 Å². The molecule has 0 radical (unpaired) electrons. The summed E-state index contributed by atoms with van der Waals surface area (Å²) in [6.45, 7) is 6.79. The van der Waals surface area contributed by atoms with Crippen molar-refractivity contribution in [3.63, 3.8) is 0 Å². The number of hydrogen-bond donors (Lipinski definition) is 1. The number of nitrogens with zero attached hydrogens (tertiary/aromatic N) is 2. The number of carbonyl (C=O) groups is 2. The molecular formula is C32H40FN3O2S. The number of carbonyl (C=O) groups excluding carboxylic acids is 2. The SMILES string of the molecule is CC1CCCN(CCCNC(=O)C2CCC3S/C(=C\c4ccccc4)C(=O)N(Cc4ccc(F)cc4)C3C2)C1. The molecule has 0 bridgehead atoms. The van der Waals surface area contributed by atoms with Gasteiger partial charge in [0.05, 0.1) is 4.91 Å². The van der Waals surface area contributed by atoms with E-state index in [1.807, 2.05) is 41.3 Å². The number of amides is 2. The Morgan fingerprint density at radius 3 is 2.67 bits per heavy atom. The second kappa shape index (κ2) is 13.1. The normalized spacial score (nSPS) is 26.9. The van der Waals surface area contributed by atoms with Gasteiger partial charge in [0.2, 0.25) is 5.91 Å². The van der Waals surface area contributed by atoms with E-state index in [2.05, 4.69) is 17.1 Å². The number of piperidine rings is 1. The van der Waals surface area contributed by atoms with Gasteiger partial charge in [-0.15, -0.1) is 11.8 Å². The fourth-order valence-corrected chi connectivity index (χ4v) is 7.67. The Balaban J connectivity index is 1.24. The van der Waals surface area contributed by atoms with Crippen LogP contribution in [0, 0.1) is 17.7 Å². The molecule has 5 rings (SSSR count). The molecule has 4 unspecified atom stereocenters. The van der Waals surface area contributed by atoms with E-state index in [4.69, 9.17) is 0 Å². The van der Waals surface area contributed by atoms with Crippen molar-refractivity contribution in [3.8, 4) is 0 Å². The number of likely N-dealkylation sites (tertiary alicyclic amines) is 1. The smallest absolute Gasteiger partial charge is 0.260 e. The van der Waals surface area contributed by atoms with Crippen LogP contribution in [0.2, 0.25) is 0 Å². The van der Waals surface area contributed by atoms with Gasteiger partial charge < -0.3 is 15.1 Å². The number of hydrogen-bond acceptors (Lipinski definition) is 4. The molecule has 39 heavy (non-hydrogen) atoms. The van der Waals surface area contributed by atoms with Gasteiger partial charge in [0.1, 0.15) is 5.82 Å². The van der Waals surface area contributed by atoms with Gasteiger partial charge in [-0.2, -0.15) is 0 Å². The first-order chi connectivity index (χ1) is 19.0. The topological polar surface area (TPSA) is 52.7 Å². The van der Waals surface area contributed by atoms with E-state index in [0.29, 0.717) is 19.5 Å². The number of rotatable bonds is 8. The summed E-state index contributed by atoms with van der Waals surface area (Å²) in [6, 6.07) is 16.3. The molecule has 5 nitrogen and oxygen atoms in total. The molecule has 3 aliphatic rings. The van der Waals surface area contributed by atoms with Crippen LogP contribution in [0.4, 0.5) is 4.39 Å². The molecule has 3 fully saturated rings. The highest BCUT2D eigenvalue weighted by molar-refractivity contribution is 8.04. The molecule has 2 saturated heterocycles. The summed E-state index contributed by atoms with van der Waals surface area (Å²) in [5.41, 5.74) is 1.90. The Kier molecular flexibility index (Phi) is 9.40. The number of fused-ring (bicyclic) bond motifs is 1. The maximum Gasteiger partial charge on any atom is 0.260 e. The molecule has 2 amide bonds. The molecule has 1 N–H and O–H groups in total. The first kappa shape index (κ1) is 27.9. The molecule has 2 aromatic carbocycles. The average molecular weight is 550 g/mol. The minimum Gasteiger partial charge on any atom is -0.356 e. The molecule has 1 saturated carbocycles. The van der Waals surface area contributed by atoms with Gasteiger partial charge in [-0.1, -0.05) is 49.4 Å². The minimum absolute atomic E-state index is 0.00811. The van der Waals surface area contributed by atoms with Crippen LogP contribution in [-0.2, 0) is 16.1 Å². The van der Waals surface area contributed by atoms with Crippen LogP contribution in [0.3, 0.4) is 0 Å². The molecule has 0 aromatic heterocycles. The standard InChI is InChI=1S/C32H40FN3O2S/c1-23-7-5-17-35(21-23)18-6-16-34-31(37)26-12-15-29-28(20-26)36(22-25-10-13-27(33)14-11-25)32(38)30(39-29)19-24-8-3-2-4-9-24/h2-4,8-11,13-14,19,23,26,28-29H,5-7,12,15-18,20-22H2,1H3,(H,34,37)/b30-19-. The van der Waals surface area contributed by atoms with Gasteiger partial charge in [0, 0.05) is 36.8 Å². The Bertz CT molecular complexity index is 1160. The lowest BCUT2D eigenvalue weighted by Gasteiger charge is -2.46. The van der Waals surface area contributed by atoms with Crippen LogP contribution >= 0.6 is 11.8 Å². The van der Waals surface area contributed by atoms with Crippen LogP contribution in [0.1, 0.15) is 56.6 Å². The van der Waals surface area contributed by atoms with E-state index in [-0.39, 0.29) is 34.8 Å². The molecule has 1 aliphatic carbocycles. The van der Waals surface area contributed by atoms with Gasteiger partial charge in [0.15, 0.2) is 0 Å². The summed E-state index contributed by atoms with van der Waals surface area (Å²) in [4.78, 5) is 32.1. The van der Waals surface area contributed by atoms with Crippen molar-refractivity contribution in [2.45, 2.75) is 63.3 Å². The summed E-state index contributed by atoms with van der Waals surface area (Å²) in [5.74, 6) is 0.494. The Labute approximate surface area is 236 Å². The summed E-state index contributed by atoms with van der Waals surface area (Å²) < 4.78 is 13.6. The zero-order chi connectivity index (χ0) is 27.2. The quantitative estimate of drug-likeness (QED) is 0.338. The van der Waals surface area contributed by atoms with E-state index >= 15 is 0 Å². The van der Waals surface area contributed by atoms with Crippen LogP contribution in [0.25, 0.3) is 6.08 Å². The van der Waals surface area contributed by atoms with E-state index < -0.39 is 0 Å². The Morgan fingerprint density at radius 2 is 1.90 bits per heavy atom. The predicted octanol–water partition coefficient (Wildman–Crippen LogP) is 5.72. The lowest BCUT2D eigenvalue weighted by atomic mass is 9.83. The highest BCUT2D eigenvalue weighted by Gasteiger charge is 2.44. The summed E-state index contributed by atoms with van der Waals surface area (Å²) >= 11 is 1.66. The third-order valence-corrected chi connectivity index (χ3v) is 9.73. The second-order valence-electron chi connectivity index (χ2n) is 11.4. The third kappa shape index (κ3) is 7.31. The summed E-state index contributed by atoms with van der Waals surface area (Å²) in [7, 11) is 0. The molecule has 4 atom stereocenters. The lowest BCUT2D eigenvalue weighted by Crippen LogP contribution is -2.53. The largest absolute Gasteiger partial charge is 0.356 e. The minimum atomic E-state index is -0.286. The maximum absolute atomic E-state index is 13.8. The van der Waals surface area contributed by atoms with E-state index in [1.165, 1.54) is 31.5 Å². The fourth-order valence-electron chi connectivity index (χ4n) is 6.25. The van der Waals surface area contributed by atoms with Gasteiger partial charge in [0.25, 0.3) is 5.91 Å². The molecule has 2 aliphatic heterocycles. The van der Waals surface area contributed by atoms with Crippen molar-refractivity contribution < 1.29 is 14.0 Å². The first-order valence-electron chi connectivity index (χ1n) is 14.4. The molecular weight excluding hydrogens is 509 g/mol. The van der Waals surface area contributed by atoms with Gasteiger partial charge >= 0.3 is 0 Å². The average Bonchev–Trinajstić information content (AvgIpc) is 2.95. The van der Waals surface area contributed by atoms with Crippen LogP contribution in [0.15, 0.2) is 59.5 Å². The first-order valence-corrected chi connectivity index (χ1v) is 15.3. The monoisotopic (exact) mass is 549 g/mol. The number of thioether (sulfide) groups is 1. The van der Waals surface area contributed by atoms with Crippen molar-refractivity contribution in [1.82, 2.24) is 15.1 Å². The zero-order valence-corrected chi connectivity index (χ0v) is 23.7. The van der Waals surface area contributed by atoms with Crippen LogP contribution in [-0.4, -0.2) is 59.1 Å². The summed E-state index contributed by atoms with van der Waals surface area (Å²) in [6.07, 6.45) is 7.92. The summed E-state index contributed by atoms with van der Waals surface area (Å²) in [5, 5.41) is 3.43. The van der Waals surface area contributed by atoms with Crippen LogP contribution < -0.4 is 5.32 Å². The molecule has 7 heteroatoms. The lowest BCUT2D eigenvalue weighted by molar-refractivity contribution is -0.133. The fraction of sp³-hybridized carbons (Fsp3) is 0.500. The van der Waals surface area contributed by atoms with E-state index in [9.17, 15) is 14.0 Å². The highest BCUT2D eigenvalue weighted by atomic mass is 32.2. The molecule has 208 valence electrons. The third-order valence-electron chi connectivity index (χ3n) is 8.33. The highest BCUT2D eigenvalue weighted by Crippen LogP contribution is 2.44. The number of nitrogens with one attached hydrogen (secondary N) is 1. The van der Waals surface area contributed by atoms with Gasteiger partial charge in [-0.05, 0) is 86.9 Å². The maximum atomic E-state index is 13.8. The van der Waals surface area contributed by atoms with Crippen molar-refractivity contribution in [2.75, 3.05) is 26.2 Å². The van der Waals surface area contributed by atoms with Crippen molar-refractivity contribution >= 4 is 29.7 Å². The van der Waals surface area contributed by atoms with Gasteiger partial charge in [-0.3, -0.25) is 9.59 Å². The molecule has 0 spiro atoms. The van der Waals surface area contributed by atoms with Crippen molar-refractivity contribution in [2.24, 2.45) is 11.8 Å².